The van der Waals surface area contributed by atoms with Gasteiger partial charge in [0.2, 0.25) is 11.6 Å². The zero-order valence-corrected chi connectivity index (χ0v) is 11.5. The molecule has 0 aliphatic carbocycles. The van der Waals surface area contributed by atoms with Crippen LogP contribution in [0, 0.1) is 17.0 Å². The molecule has 1 heterocycles. The van der Waals surface area contributed by atoms with E-state index in [1.165, 1.54) is 0 Å². The summed E-state index contributed by atoms with van der Waals surface area (Å²) in [6.07, 6.45) is 1.58. The molecule has 1 aromatic carbocycles. The molecule has 0 spiro atoms. The largest absolute Gasteiger partial charge is 0.432 e. The van der Waals surface area contributed by atoms with Gasteiger partial charge in [0.05, 0.1) is 4.92 Å². The molecular formula is C14H15N3O3. The number of nitro benzene ring substituents is 1. The summed E-state index contributed by atoms with van der Waals surface area (Å²) in [4.78, 5) is 19.0. The molecule has 0 saturated carbocycles. The minimum Gasteiger partial charge on any atom is -0.432 e. The molecule has 0 aliphatic rings. The van der Waals surface area contributed by atoms with Crippen LogP contribution in [0.4, 0.5) is 5.69 Å². The highest BCUT2D eigenvalue weighted by atomic mass is 16.6. The Bertz CT molecular complexity index is 641. The second-order valence-corrected chi connectivity index (χ2v) is 4.69. The lowest BCUT2D eigenvalue weighted by atomic mass is 10.2. The SMILES string of the molecule is Cc1cccc(Oc2ccnc(C(C)C)n2)c1[N+](=O)[O-]. The number of rotatable bonds is 4. The summed E-state index contributed by atoms with van der Waals surface area (Å²) < 4.78 is 5.55. The average molecular weight is 273 g/mol. The fraction of sp³-hybridized carbons (Fsp3) is 0.286. The maximum absolute atomic E-state index is 11.1. The highest BCUT2D eigenvalue weighted by Crippen LogP contribution is 2.33. The lowest BCUT2D eigenvalue weighted by Gasteiger charge is -2.08. The van der Waals surface area contributed by atoms with Crippen molar-refractivity contribution in [2.45, 2.75) is 26.7 Å². The van der Waals surface area contributed by atoms with Gasteiger partial charge in [-0.15, -0.1) is 0 Å². The van der Waals surface area contributed by atoms with Crippen LogP contribution in [-0.2, 0) is 0 Å². The first kappa shape index (κ1) is 13.9. The molecule has 0 N–H and O–H groups in total. The molecule has 20 heavy (non-hydrogen) atoms. The van der Waals surface area contributed by atoms with E-state index in [4.69, 9.17) is 4.74 Å². The Kier molecular flexibility index (Phi) is 3.93. The third kappa shape index (κ3) is 2.90. The molecule has 0 aliphatic heterocycles. The predicted molar refractivity (Wildman–Crippen MR) is 74.0 cm³/mol. The predicted octanol–water partition coefficient (Wildman–Crippen LogP) is 3.61. The first-order chi connectivity index (χ1) is 9.49. The third-order valence-electron chi connectivity index (χ3n) is 2.76. The summed E-state index contributed by atoms with van der Waals surface area (Å²) in [6.45, 7) is 5.60. The molecule has 0 fully saturated rings. The van der Waals surface area contributed by atoms with Gasteiger partial charge in [0.25, 0.3) is 0 Å². The minimum atomic E-state index is -0.449. The van der Waals surface area contributed by atoms with Crippen molar-refractivity contribution in [1.82, 2.24) is 9.97 Å². The van der Waals surface area contributed by atoms with E-state index in [-0.39, 0.29) is 17.4 Å². The van der Waals surface area contributed by atoms with Crippen LogP contribution < -0.4 is 4.74 Å². The summed E-state index contributed by atoms with van der Waals surface area (Å²) >= 11 is 0. The van der Waals surface area contributed by atoms with Crippen molar-refractivity contribution in [2.75, 3.05) is 0 Å². The monoisotopic (exact) mass is 273 g/mol. The van der Waals surface area contributed by atoms with E-state index >= 15 is 0 Å². The molecule has 104 valence electrons. The molecule has 1 aromatic heterocycles. The maximum atomic E-state index is 11.1. The zero-order chi connectivity index (χ0) is 14.7. The first-order valence-electron chi connectivity index (χ1n) is 6.24. The van der Waals surface area contributed by atoms with E-state index in [0.29, 0.717) is 17.3 Å². The number of benzene rings is 1. The van der Waals surface area contributed by atoms with Gasteiger partial charge in [-0.1, -0.05) is 26.0 Å². The van der Waals surface area contributed by atoms with Crippen molar-refractivity contribution >= 4 is 5.69 Å². The van der Waals surface area contributed by atoms with Gasteiger partial charge in [0.1, 0.15) is 5.82 Å². The van der Waals surface area contributed by atoms with Crippen LogP contribution in [0.1, 0.15) is 31.2 Å². The minimum absolute atomic E-state index is 0.0443. The van der Waals surface area contributed by atoms with Crippen molar-refractivity contribution < 1.29 is 9.66 Å². The molecule has 2 rings (SSSR count). The number of para-hydroxylation sites is 1. The summed E-state index contributed by atoms with van der Waals surface area (Å²) in [5.41, 5.74) is 0.503. The summed E-state index contributed by atoms with van der Waals surface area (Å²) in [6, 6.07) is 6.52. The Hall–Kier alpha value is -2.50. The fourth-order valence-electron chi connectivity index (χ4n) is 1.75. The van der Waals surface area contributed by atoms with Gasteiger partial charge < -0.3 is 4.74 Å². The van der Waals surface area contributed by atoms with Crippen molar-refractivity contribution in [2.24, 2.45) is 0 Å². The van der Waals surface area contributed by atoms with E-state index in [1.54, 1.807) is 37.4 Å². The smallest absolute Gasteiger partial charge is 0.314 e. The molecule has 0 atom stereocenters. The van der Waals surface area contributed by atoms with E-state index in [2.05, 4.69) is 9.97 Å². The normalized spacial score (nSPS) is 10.6. The van der Waals surface area contributed by atoms with Gasteiger partial charge >= 0.3 is 5.69 Å². The fourth-order valence-corrected chi connectivity index (χ4v) is 1.75. The topological polar surface area (TPSA) is 78.2 Å². The molecule has 6 heteroatoms. The lowest BCUT2D eigenvalue weighted by Crippen LogP contribution is -2.00. The van der Waals surface area contributed by atoms with E-state index < -0.39 is 4.92 Å². The molecule has 0 radical (unpaired) electrons. The Balaban J connectivity index is 2.38. The lowest BCUT2D eigenvalue weighted by molar-refractivity contribution is -0.386. The standard InChI is InChI=1S/C14H15N3O3/c1-9(2)14-15-8-7-12(16-14)20-11-6-4-5-10(3)13(11)17(18)19/h4-9H,1-3H3. The van der Waals surface area contributed by atoms with Gasteiger partial charge in [-0.25, -0.2) is 4.98 Å². The van der Waals surface area contributed by atoms with Crippen LogP contribution in [0.5, 0.6) is 11.6 Å². The molecule has 0 amide bonds. The number of aryl methyl sites for hydroxylation is 1. The summed E-state index contributed by atoms with van der Waals surface area (Å²) in [5.74, 6) is 1.28. The molecule has 2 aromatic rings. The Morgan fingerprint density at radius 2 is 2.05 bits per heavy atom. The van der Waals surface area contributed by atoms with Crippen molar-refractivity contribution in [3.05, 3.63) is 52.0 Å². The van der Waals surface area contributed by atoms with Crippen molar-refractivity contribution in [3.63, 3.8) is 0 Å². The zero-order valence-electron chi connectivity index (χ0n) is 11.5. The molecular weight excluding hydrogens is 258 g/mol. The number of nitro groups is 1. The van der Waals surface area contributed by atoms with Gasteiger partial charge in [0.15, 0.2) is 0 Å². The maximum Gasteiger partial charge on any atom is 0.314 e. The van der Waals surface area contributed by atoms with Gasteiger partial charge in [-0.05, 0) is 13.0 Å². The number of hydrogen-bond acceptors (Lipinski definition) is 5. The summed E-state index contributed by atoms with van der Waals surface area (Å²) in [7, 11) is 0. The van der Waals surface area contributed by atoms with Crippen molar-refractivity contribution in [3.8, 4) is 11.6 Å². The van der Waals surface area contributed by atoms with Crippen LogP contribution in [-0.4, -0.2) is 14.9 Å². The first-order valence-corrected chi connectivity index (χ1v) is 6.24. The third-order valence-corrected chi connectivity index (χ3v) is 2.76. The number of nitrogens with zero attached hydrogens (tertiary/aromatic N) is 3. The van der Waals surface area contributed by atoms with Crippen molar-refractivity contribution in [1.29, 1.82) is 0 Å². The quantitative estimate of drug-likeness (QED) is 0.628. The average Bonchev–Trinajstić information content (AvgIpc) is 2.38. The van der Waals surface area contributed by atoms with Crippen LogP contribution in [0.25, 0.3) is 0 Å². The molecule has 0 bridgehead atoms. The van der Waals surface area contributed by atoms with Gasteiger partial charge in [0, 0.05) is 23.7 Å². The van der Waals surface area contributed by atoms with Gasteiger partial charge in [-0.3, -0.25) is 10.1 Å². The molecule has 6 nitrogen and oxygen atoms in total. The second kappa shape index (κ2) is 5.64. The van der Waals surface area contributed by atoms with Crippen LogP contribution in [0.15, 0.2) is 30.5 Å². The van der Waals surface area contributed by atoms with Crippen LogP contribution >= 0.6 is 0 Å². The number of hydrogen-bond donors (Lipinski definition) is 0. The highest BCUT2D eigenvalue weighted by molar-refractivity contribution is 5.53. The van der Waals surface area contributed by atoms with Crippen LogP contribution in [0.3, 0.4) is 0 Å². The van der Waals surface area contributed by atoms with Crippen LogP contribution in [0.2, 0.25) is 0 Å². The second-order valence-electron chi connectivity index (χ2n) is 4.69. The van der Waals surface area contributed by atoms with E-state index in [9.17, 15) is 10.1 Å². The Morgan fingerprint density at radius 1 is 1.30 bits per heavy atom. The Labute approximate surface area is 116 Å². The van der Waals surface area contributed by atoms with Gasteiger partial charge in [-0.2, -0.15) is 4.98 Å². The molecule has 0 unspecified atom stereocenters. The Morgan fingerprint density at radius 3 is 2.70 bits per heavy atom. The number of aromatic nitrogens is 2. The number of ether oxygens (including phenoxy) is 1. The highest BCUT2D eigenvalue weighted by Gasteiger charge is 2.19. The molecule has 0 saturated heterocycles. The van der Waals surface area contributed by atoms with E-state index in [0.717, 1.165) is 0 Å². The summed E-state index contributed by atoms with van der Waals surface area (Å²) in [5, 5.41) is 11.1. The van der Waals surface area contributed by atoms with E-state index in [1.807, 2.05) is 13.8 Å².